The highest BCUT2D eigenvalue weighted by Gasteiger charge is 2.26. The Morgan fingerprint density at radius 3 is 2.10 bits per heavy atom. The van der Waals surface area contributed by atoms with Crippen molar-refractivity contribution in [2.45, 2.75) is 50.7 Å². The van der Waals surface area contributed by atoms with Gasteiger partial charge in [-0.25, -0.2) is 0 Å². The van der Waals surface area contributed by atoms with Gasteiger partial charge in [0.05, 0.1) is 12.6 Å². The number of phenolic OH excluding ortho intramolecular Hbond substituents is 1. The van der Waals surface area contributed by atoms with Crippen molar-refractivity contribution >= 4 is 41.3 Å². The molecular formula is C28H38N6O6S. The first-order chi connectivity index (χ1) is 19.6. The molecule has 13 heteroatoms. The van der Waals surface area contributed by atoms with Gasteiger partial charge in [0.1, 0.15) is 17.8 Å². The lowest BCUT2D eigenvalue weighted by molar-refractivity contribution is -0.133. The molecule has 0 saturated heterocycles. The molecule has 2 aromatic carbocycles. The maximum absolute atomic E-state index is 12.9. The third-order valence-corrected chi connectivity index (χ3v) is 6.62. The summed E-state index contributed by atoms with van der Waals surface area (Å²) < 4.78 is 0. The number of benzene rings is 2. The summed E-state index contributed by atoms with van der Waals surface area (Å²) in [5.74, 6) is -2.08. The Labute approximate surface area is 243 Å². The maximum atomic E-state index is 12.9. The summed E-state index contributed by atoms with van der Waals surface area (Å²) in [5.41, 5.74) is 12.2. The Balaban J connectivity index is 1.97. The molecule has 12 nitrogen and oxygen atoms in total. The van der Waals surface area contributed by atoms with E-state index in [2.05, 4.69) is 26.8 Å². The van der Waals surface area contributed by atoms with E-state index in [0.717, 1.165) is 11.1 Å². The van der Waals surface area contributed by atoms with Crippen LogP contribution in [0.2, 0.25) is 0 Å². The summed E-state index contributed by atoms with van der Waals surface area (Å²) in [6, 6.07) is 12.4. The predicted octanol–water partition coefficient (Wildman–Crippen LogP) is -0.0990. The van der Waals surface area contributed by atoms with Gasteiger partial charge in [0.15, 0.2) is 0 Å². The van der Waals surface area contributed by atoms with E-state index in [1.807, 2.05) is 12.3 Å². The number of aromatic hydroxyl groups is 1. The van der Waals surface area contributed by atoms with Crippen LogP contribution in [0.4, 0.5) is 0 Å². The number of hydrogen-bond donors (Lipinski definition) is 7. The van der Waals surface area contributed by atoms with Gasteiger partial charge in [-0.05, 0) is 48.1 Å². The van der Waals surface area contributed by atoms with Gasteiger partial charge in [0.25, 0.3) is 5.91 Å². The quantitative estimate of drug-likeness (QED) is 0.141. The molecule has 0 radical (unpaired) electrons. The molecule has 0 spiro atoms. The monoisotopic (exact) mass is 586 g/mol. The second kappa shape index (κ2) is 17.6. The molecule has 0 aliphatic rings. The zero-order valence-corrected chi connectivity index (χ0v) is 24.0. The van der Waals surface area contributed by atoms with Crippen molar-refractivity contribution in [3.63, 3.8) is 0 Å². The Kier molecular flexibility index (Phi) is 14.2. The first-order valence-electron chi connectivity index (χ1n) is 13.1. The van der Waals surface area contributed by atoms with Crippen molar-refractivity contribution in [2.24, 2.45) is 5.73 Å². The Morgan fingerprint density at radius 1 is 0.805 bits per heavy atom. The van der Waals surface area contributed by atoms with Crippen molar-refractivity contribution in [1.82, 2.24) is 26.8 Å². The maximum Gasteiger partial charge on any atom is 0.261 e. The molecule has 0 aliphatic heterocycles. The van der Waals surface area contributed by atoms with Crippen LogP contribution in [0.15, 0.2) is 54.6 Å². The number of phenols is 1. The minimum absolute atomic E-state index is 0.0971. The van der Waals surface area contributed by atoms with Gasteiger partial charge in [-0.2, -0.15) is 11.8 Å². The van der Waals surface area contributed by atoms with Crippen LogP contribution < -0.4 is 32.5 Å². The van der Waals surface area contributed by atoms with Gasteiger partial charge in [-0.15, -0.1) is 0 Å². The number of rotatable bonds is 15. The summed E-state index contributed by atoms with van der Waals surface area (Å²) >= 11 is 1.49. The Morgan fingerprint density at radius 2 is 1.46 bits per heavy atom. The highest BCUT2D eigenvalue weighted by atomic mass is 32.2. The molecule has 222 valence electrons. The van der Waals surface area contributed by atoms with E-state index in [0.29, 0.717) is 12.2 Å². The number of carbonyl (C=O) groups is 5. The van der Waals surface area contributed by atoms with Gasteiger partial charge >= 0.3 is 0 Å². The number of hydrogen-bond acceptors (Lipinski definition) is 8. The fourth-order valence-electron chi connectivity index (χ4n) is 3.66. The van der Waals surface area contributed by atoms with E-state index in [4.69, 9.17) is 5.73 Å². The van der Waals surface area contributed by atoms with E-state index < -0.39 is 54.2 Å². The van der Waals surface area contributed by atoms with Crippen LogP contribution in [0, 0.1) is 0 Å². The summed E-state index contributed by atoms with van der Waals surface area (Å²) in [7, 11) is 0. The molecule has 8 N–H and O–H groups in total. The van der Waals surface area contributed by atoms with Crippen LogP contribution >= 0.6 is 11.8 Å². The second-order valence-electron chi connectivity index (χ2n) is 9.24. The van der Waals surface area contributed by atoms with E-state index in [1.165, 1.54) is 23.9 Å². The zero-order valence-electron chi connectivity index (χ0n) is 23.1. The highest BCUT2D eigenvalue weighted by Crippen LogP contribution is 2.11. The molecule has 0 saturated carbocycles. The normalized spacial score (nSPS) is 12.8. The third-order valence-electron chi connectivity index (χ3n) is 5.98. The zero-order chi connectivity index (χ0) is 30.2. The van der Waals surface area contributed by atoms with Crippen LogP contribution in [-0.4, -0.2) is 71.3 Å². The molecule has 0 heterocycles. The van der Waals surface area contributed by atoms with Crippen LogP contribution in [0.25, 0.3) is 0 Å². The molecule has 0 unspecified atom stereocenters. The standard InChI is InChI=1S/C28H38N6O6S/c1-3-24(36)33-34-28(40)23(16-18-7-5-4-6-8-18)31-25(37)17-30-27(39)22(13-14-41-2)32-26(38)21(29)15-19-9-11-20(35)12-10-19/h4-12,21-23,35H,3,13-17,29H2,1-2H3,(H,30,39)(H,31,37)(H,32,38)(H,33,36)(H,34,40)/t21-,22+,23-/m0/s1. The molecule has 41 heavy (non-hydrogen) atoms. The van der Waals surface area contributed by atoms with E-state index in [-0.39, 0.29) is 25.0 Å². The van der Waals surface area contributed by atoms with Crippen molar-refractivity contribution in [3.05, 3.63) is 65.7 Å². The summed E-state index contributed by atoms with van der Waals surface area (Å²) in [5, 5.41) is 17.2. The number of nitrogens with one attached hydrogen (secondary N) is 5. The van der Waals surface area contributed by atoms with E-state index >= 15 is 0 Å². The van der Waals surface area contributed by atoms with Gasteiger partial charge in [-0.1, -0.05) is 49.4 Å². The topological polar surface area (TPSA) is 192 Å². The van der Waals surface area contributed by atoms with Crippen LogP contribution in [-0.2, 0) is 36.8 Å². The average molecular weight is 587 g/mol. The molecule has 3 atom stereocenters. The molecule has 0 aliphatic carbocycles. The summed E-state index contributed by atoms with van der Waals surface area (Å²) in [6.07, 6.45) is 2.69. The van der Waals surface area contributed by atoms with Gasteiger partial charge in [0.2, 0.25) is 23.6 Å². The highest BCUT2D eigenvalue weighted by molar-refractivity contribution is 7.98. The predicted molar refractivity (Wildman–Crippen MR) is 156 cm³/mol. The van der Waals surface area contributed by atoms with Crippen molar-refractivity contribution in [1.29, 1.82) is 0 Å². The van der Waals surface area contributed by atoms with Crippen LogP contribution in [0.5, 0.6) is 5.75 Å². The van der Waals surface area contributed by atoms with E-state index in [1.54, 1.807) is 43.3 Å². The molecule has 0 fully saturated rings. The average Bonchev–Trinajstić information content (AvgIpc) is 2.97. The molecule has 5 amide bonds. The SMILES string of the molecule is CCC(=O)NNC(=O)[C@H](Cc1ccccc1)NC(=O)CNC(=O)[C@@H](CCSC)NC(=O)[C@@H](N)Cc1ccc(O)cc1. The molecule has 0 aromatic heterocycles. The lowest BCUT2D eigenvalue weighted by Crippen LogP contribution is -2.56. The van der Waals surface area contributed by atoms with Gasteiger partial charge in [0, 0.05) is 12.8 Å². The van der Waals surface area contributed by atoms with Gasteiger partial charge in [-0.3, -0.25) is 34.8 Å². The van der Waals surface area contributed by atoms with Crippen LogP contribution in [0.3, 0.4) is 0 Å². The number of thioether (sulfide) groups is 1. The van der Waals surface area contributed by atoms with Crippen molar-refractivity contribution in [3.8, 4) is 5.75 Å². The van der Waals surface area contributed by atoms with Crippen LogP contribution in [0.1, 0.15) is 30.9 Å². The lowest BCUT2D eigenvalue weighted by atomic mass is 10.0. The molecular weight excluding hydrogens is 548 g/mol. The molecule has 2 aromatic rings. The fourth-order valence-corrected chi connectivity index (χ4v) is 4.14. The summed E-state index contributed by atoms with van der Waals surface area (Å²) in [4.78, 5) is 62.6. The lowest BCUT2D eigenvalue weighted by Gasteiger charge is -2.21. The number of hydrazine groups is 1. The van der Waals surface area contributed by atoms with E-state index in [9.17, 15) is 29.1 Å². The van der Waals surface area contributed by atoms with Crippen molar-refractivity contribution < 1.29 is 29.1 Å². The number of amides is 5. The number of nitrogens with two attached hydrogens (primary N) is 1. The third kappa shape index (κ3) is 12.3. The molecule has 0 bridgehead atoms. The first-order valence-corrected chi connectivity index (χ1v) is 14.5. The van der Waals surface area contributed by atoms with Crippen molar-refractivity contribution in [2.75, 3.05) is 18.6 Å². The second-order valence-corrected chi connectivity index (χ2v) is 10.2. The Hall–Kier alpha value is -4.10. The minimum atomic E-state index is -1.02. The fraction of sp³-hybridized carbons (Fsp3) is 0.393. The molecule has 2 rings (SSSR count). The minimum Gasteiger partial charge on any atom is -0.508 e. The van der Waals surface area contributed by atoms with Gasteiger partial charge < -0.3 is 26.8 Å². The smallest absolute Gasteiger partial charge is 0.261 e. The largest absolute Gasteiger partial charge is 0.508 e. The first kappa shape index (κ1) is 33.1. The summed E-state index contributed by atoms with van der Waals surface area (Å²) in [6.45, 7) is 1.19. The number of carbonyl (C=O) groups excluding carboxylic acids is 5. The Bertz CT molecular complexity index is 1160.